The van der Waals surface area contributed by atoms with Crippen LogP contribution in [0.2, 0.25) is 0 Å². The molecule has 0 N–H and O–H groups in total. The molecule has 1 amide bonds. The van der Waals surface area contributed by atoms with Crippen molar-refractivity contribution >= 4 is 46.0 Å². The van der Waals surface area contributed by atoms with Crippen LogP contribution in [0.25, 0.3) is 6.08 Å². The van der Waals surface area contributed by atoms with Crippen LogP contribution in [0, 0.1) is 0 Å². The Balaban J connectivity index is 1.88. The van der Waals surface area contributed by atoms with Gasteiger partial charge in [-0.15, -0.1) is 0 Å². The van der Waals surface area contributed by atoms with Gasteiger partial charge in [0.05, 0.1) is 31.4 Å². The van der Waals surface area contributed by atoms with Crippen molar-refractivity contribution in [3.63, 3.8) is 0 Å². The molecule has 140 valence electrons. The summed E-state index contributed by atoms with van der Waals surface area (Å²) in [6, 6.07) is 12.8. The Hall–Kier alpha value is -2.51. The summed E-state index contributed by atoms with van der Waals surface area (Å²) in [5.41, 5.74) is 1.50. The number of nitrogens with zero attached hydrogens (tertiary/aromatic N) is 1. The van der Waals surface area contributed by atoms with E-state index >= 15 is 0 Å². The molecule has 0 spiro atoms. The van der Waals surface area contributed by atoms with Gasteiger partial charge in [-0.25, -0.2) is 0 Å². The third-order valence-electron chi connectivity index (χ3n) is 3.93. The van der Waals surface area contributed by atoms with Crippen molar-refractivity contribution < 1.29 is 19.0 Å². The molecule has 0 radical (unpaired) electrons. The maximum Gasteiger partial charge on any atom is 0.270 e. The highest BCUT2D eigenvalue weighted by molar-refractivity contribution is 8.27. The van der Waals surface area contributed by atoms with Crippen LogP contribution in [0.4, 0.5) is 5.69 Å². The molecule has 0 aliphatic carbocycles. The minimum absolute atomic E-state index is 0.160. The maximum atomic E-state index is 12.9. The number of hydrogen-bond acceptors (Lipinski definition) is 6. The number of thiocarbonyl (C=S) groups is 1. The topological polar surface area (TPSA) is 48.0 Å². The Labute approximate surface area is 167 Å². The molecule has 0 unspecified atom stereocenters. The minimum Gasteiger partial charge on any atom is -0.497 e. The van der Waals surface area contributed by atoms with Gasteiger partial charge in [-0.3, -0.25) is 9.69 Å². The number of amides is 1. The van der Waals surface area contributed by atoms with Crippen molar-refractivity contribution in [3.05, 3.63) is 52.9 Å². The standard InChI is InChI=1S/C20H19NO4S2/c1-4-25-15-9-6-14(7-10-15)21-19(22)18(27-20(21)26)11-13-5-8-16(23-2)12-17(13)24-3/h5-12H,4H2,1-3H3/b18-11+. The first-order chi connectivity index (χ1) is 13.1. The van der Waals surface area contributed by atoms with Gasteiger partial charge in [0, 0.05) is 11.6 Å². The molecule has 7 heteroatoms. The fourth-order valence-electron chi connectivity index (χ4n) is 2.63. The number of carbonyl (C=O) groups is 1. The van der Waals surface area contributed by atoms with Crippen LogP contribution in [-0.4, -0.2) is 31.1 Å². The molecular weight excluding hydrogens is 382 g/mol. The number of anilines is 1. The van der Waals surface area contributed by atoms with Crippen LogP contribution >= 0.6 is 24.0 Å². The highest BCUT2D eigenvalue weighted by atomic mass is 32.2. The van der Waals surface area contributed by atoms with Gasteiger partial charge in [-0.2, -0.15) is 0 Å². The van der Waals surface area contributed by atoms with E-state index in [1.165, 1.54) is 16.7 Å². The lowest BCUT2D eigenvalue weighted by molar-refractivity contribution is -0.113. The number of carbonyl (C=O) groups excluding carboxylic acids is 1. The Morgan fingerprint density at radius 1 is 1.07 bits per heavy atom. The number of hydrogen-bond donors (Lipinski definition) is 0. The fourth-order valence-corrected chi connectivity index (χ4v) is 3.92. The Morgan fingerprint density at radius 2 is 1.78 bits per heavy atom. The second-order valence-corrected chi connectivity index (χ2v) is 7.23. The highest BCUT2D eigenvalue weighted by Crippen LogP contribution is 2.38. The first kappa shape index (κ1) is 19.3. The number of ether oxygens (including phenoxy) is 3. The molecule has 1 fully saturated rings. The van der Waals surface area contributed by atoms with Gasteiger partial charge in [0.2, 0.25) is 0 Å². The number of rotatable bonds is 6. The lowest BCUT2D eigenvalue weighted by Gasteiger charge is -2.15. The van der Waals surface area contributed by atoms with E-state index in [4.69, 9.17) is 26.4 Å². The van der Waals surface area contributed by atoms with Gasteiger partial charge >= 0.3 is 0 Å². The van der Waals surface area contributed by atoms with E-state index in [9.17, 15) is 4.79 Å². The Kier molecular flexibility index (Phi) is 6.03. The normalized spacial score (nSPS) is 15.4. The summed E-state index contributed by atoms with van der Waals surface area (Å²) in [5, 5.41) is 0. The maximum absolute atomic E-state index is 12.9. The predicted molar refractivity (Wildman–Crippen MR) is 113 cm³/mol. The van der Waals surface area contributed by atoms with E-state index in [0.29, 0.717) is 33.0 Å². The molecular formula is C20H19NO4S2. The van der Waals surface area contributed by atoms with Gasteiger partial charge in [0.25, 0.3) is 5.91 Å². The summed E-state index contributed by atoms with van der Waals surface area (Å²) < 4.78 is 16.5. The summed E-state index contributed by atoms with van der Waals surface area (Å²) in [4.78, 5) is 15.0. The molecule has 5 nitrogen and oxygen atoms in total. The quantitative estimate of drug-likeness (QED) is 0.524. The van der Waals surface area contributed by atoms with Crippen molar-refractivity contribution in [1.82, 2.24) is 0 Å². The molecule has 0 saturated carbocycles. The third-order valence-corrected chi connectivity index (χ3v) is 5.23. The fraction of sp³-hybridized carbons (Fsp3) is 0.200. The van der Waals surface area contributed by atoms with Crippen LogP contribution in [0.5, 0.6) is 17.2 Å². The van der Waals surface area contributed by atoms with Crippen LogP contribution in [0.3, 0.4) is 0 Å². The van der Waals surface area contributed by atoms with E-state index in [1.54, 1.807) is 26.4 Å². The zero-order valence-electron chi connectivity index (χ0n) is 15.2. The van der Waals surface area contributed by atoms with Gasteiger partial charge < -0.3 is 14.2 Å². The highest BCUT2D eigenvalue weighted by Gasteiger charge is 2.33. The van der Waals surface area contributed by atoms with Gasteiger partial charge in [-0.05, 0) is 49.4 Å². The van der Waals surface area contributed by atoms with Crippen molar-refractivity contribution in [1.29, 1.82) is 0 Å². The van der Waals surface area contributed by atoms with Gasteiger partial charge in [-0.1, -0.05) is 24.0 Å². The molecule has 0 aromatic heterocycles. The third kappa shape index (κ3) is 4.09. The lowest BCUT2D eigenvalue weighted by atomic mass is 10.1. The van der Waals surface area contributed by atoms with E-state index in [0.717, 1.165) is 11.3 Å². The molecule has 0 bridgehead atoms. The average Bonchev–Trinajstić information content (AvgIpc) is 2.96. The SMILES string of the molecule is CCOc1ccc(N2C(=O)/C(=C\c3ccc(OC)cc3OC)SC2=S)cc1. The zero-order chi connectivity index (χ0) is 19.4. The van der Waals surface area contributed by atoms with Crippen LogP contribution in [-0.2, 0) is 4.79 Å². The molecule has 1 aliphatic rings. The molecule has 1 heterocycles. The molecule has 3 rings (SSSR count). The zero-order valence-corrected chi connectivity index (χ0v) is 16.9. The molecule has 2 aromatic carbocycles. The van der Waals surface area contributed by atoms with E-state index < -0.39 is 0 Å². The van der Waals surface area contributed by atoms with Gasteiger partial charge in [0.15, 0.2) is 4.32 Å². The van der Waals surface area contributed by atoms with Crippen molar-refractivity contribution in [2.24, 2.45) is 0 Å². The van der Waals surface area contributed by atoms with Crippen molar-refractivity contribution in [2.45, 2.75) is 6.92 Å². The van der Waals surface area contributed by atoms with Gasteiger partial charge in [0.1, 0.15) is 17.2 Å². The Morgan fingerprint density at radius 3 is 2.41 bits per heavy atom. The molecule has 2 aromatic rings. The molecule has 1 aliphatic heterocycles. The summed E-state index contributed by atoms with van der Waals surface area (Å²) in [6.07, 6.45) is 1.78. The van der Waals surface area contributed by atoms with Crippen LogP contribution in [0.15, 0.2) is 47.4 Å². The smallest absolute Gasteiger partial charge is 0.270 e. The summed E-state index contributed by atoms with van der Waals surface area (Å²) in [5.74, 6) is 1.91. The summed E-state index contributed by atoms with van der Waals surface area (Å²) in [7, 11) is 3.17. The summed E-state index contributed by atoms with van der Waals surface area (Å²) >= 11 is 6.69. The lowest BCUT2D eigenvalue weighted by Crippen LogP contribution is -2.27. The molecule has 27 heavy (non-hydrogen) atoms. The second-order valence-electron chi connectivity index (χ2n) is 5.55. The first-order valence-corrected chi connectivity index (χ1v) is 9.52. The van der Waals surface area contributed by atoms with Crippen LogP contribution < -0.4 is 19.1 Å². The Bertz CT molecular complexity index is 893. The second kappa shape index (κ2) is 8.45. The van der Waals surface area contributed by atoms with E-state index in [2.05, 4.69) is 0 Å². The predicted octanol–water partition coefficient (Wildman–Crippen LogP) is 4.51. The van der Waals surface area contributed by atoms with Crippen LogP contribution in [0.1, 0.15) is 12.5 Å². The number of thioether (sulfide) groups is 1. The molecule has 0 atom stereocenters. The average molecular weight is 402 g/mol. The van der Waals surface area contributed by atoms with Crippen molar-refractivity contribution in [2.75, 3.05) is 25.7 Å². The minimum atomic E-state index is -0.160. The number of methoxy groups -OCH3 is 2. The monoisotopic (exact) mass is 401 g/mol. The number of benzene rings is 2. The molecule has 1 saturated heterocycles. The van der Waals surface area contributed by atoms with E-state index in [1.807, 2.05) is 43.3 Å². The largest absolute Gasteiger partial charge is 0.497 e. The van der Waals surface area contributed by atoms with Crippen molar-refractivity contribution in [3.8, 4) is 17.2 Å². The summed E-state index contributed by atoms with van der Waals surface area (Å²) in [6.45, 7) is 2.51. The van der Waals surface area contributed by atoms with E-state index in [-0.39, 0.29) is 5.91 Å². The first-order valence-electron chi connectivity index (χ1n) is 8.30.